The van der Waals surface area contributed by atoms with Crippen LogP contribution in [-0.2, 0) is 24.3 Å². The highest BCUT2D eigenvalue weighted by Gasteiger charge is 2.26. The Morgan fingerprint density at radius 2 is 1.97 bits per heavy atom. The Bertz CT molecular complexity index is 1350. The van der Waals surface area contributed by atoms with Gasteiger partial charge in [0.05, 0.1) is 25.0 Å². The minimum atomic E-state index is -0.145. The van der Waals surface area contributed by atoms with Gasteiger partial charge < -0.3 is 9.73 Å². The Kier molecular flexibility index (Phi) is 6.42. The van der Waals surface area contributed by atoms with Crippen molar-refractivity contribution in [3.63, 3.8) is 0 Å². The summed E-state index contributed by atoms with van der Waals surface area (Å²) < 4.78 is 7.21. The molecule has 2 aromatic carbocycles. The predicted molar refractivity (Wildman–Crippen MR) is 134 cm³/mol. The van der Waals surface area contributed by atoms with E-state index in [-0.39, 0.29) is 17.9 Å². The number of furan rings is 1. The summed E-state index contributed by atoms with van der Waals surface area (Å²) in [6.07, 6.45) is 2.64. The van der Waals surface area contributed by atoms with E-state index in [4.69, 9.17) is 16.0 Å². The van der Waals surface area contributed by atoms with Gasteiger partial charge in [-0.2, -0.15) is 5.10 Å². The zero-order valence-electron chi connectivity index (χ0n) is 19.3. The summed E-state index contributed by atoms with van der Waals surface area (Å²) in [6.45, 7) is 2.88. The van der Waals surface area contributed by atoms with Crippen molar-refractivity contribution in [1.29, 1.82) is 0 Å². The Labute approximate surface area is 208 Å². The first-order valence-electron chi connectivity index (χ1n) is 11.5. The maximum atomic E-state index is 12.8. The third-order valence-corrected chi connectivity index (χ3v) is 6.25. The van der Waals surface area contributed by atoms with Gasteiger partial charge in [0.2, 0.25) is 5.91 Å². The van der Waals surface area contributed by atoms with Crippen LogP contribution in [0.25, 0.3) is 11.3 Å². The summed E-state index contributed by atoms with van der Waals surface area (Å²) in [5.74, 6) is 1.49. The summed E-state index contributed by atoms with van der Waals surface area (Å²) in [5.41, 5.74) is 3.18. The molecule has 2 amide bonds. The lowest BCUT2D eigenvalue weighted by molar-refractivity contribution is -0.119. The second kappa shape index (κ2) is 9.80. The number of carbonyl (C=O) groups excluding carboxylic acids is 2. The second-order valence-corrected chi connectivity index (χ2v) is 9.14. The van der Waals surface area contributed by atoms with Crippen molar-refractivity contribution in [2.75, 3.05) is 4.90 Å². The fourth-order valence-electron chi connectivity index (χ4n) is 4.24. The fourth-order valence-corrected chi connectivity index (χ4v) is 4.43. The van der Waals surface area contributed by atoms with Crippen molar-refractivity contribution >= 4 is 29.2 Å². The molecule has 2 aromatic heterocycles. The first kappa shape index (κ1) is 22.9. The van der Waals surface area contributed by atoms with E-state index >= 15 is 0 Å². The molecule has 178 valence electrons. The maximum absolute atomic E-state index is 12.8. The van der Waals surface area contributed by atoms with Gasteiger partial charge in [0.1, 0.15) is 11.6 Å². The van der Waals surface area contributed by atoms with E-state index < -0.39 is 0 Å². The molecule has 0 fully saturated rings. The van der Waals surface area contributed by atoms with E-state index in [0.29, 0.717) is 36.5 Å². The van der Waals surface area contributed by atoms with Gasteiger partial charge in [-0.3, -0.25) is 14.5 Å². The highest BCUT2D eigenvalue weighted by Crippen LogP contribution is 2.30. The summed E-state index contributed by atoms with van der Waals surface area (Å²) >= 11 is 6.14. The summed E-state index contributed by atoms with van der Waals surface area (Å²) in [5, 5.41) is 8.32. The van der Waals surface area contributed by atoms with Crippen LogP contribution < -0.4 is 10.2 Å². The number of nitrogens with zero attached hydrogens (tertiary/aromatic N) is 3. The Hall–Kier alpha value is -3.84. The number of rotatable bonds is 7. The molecular weight excluding hydrogens is 464 g/mol. The second-order valence-electron chi connectivity index (χ2n) is 8.71. The van der Waals surface area contributed by atoms with Crippen molar-refractivity contribution in [2.24, 2.45) is 0 Å². The SMILES string of the molecule is CC(Cc1ccco1)NC(=O)c1ccc(CN2C(=O)CCn3nc(-c4cccc(Cl)c4)cc32)cc1. The standard InChI is InChI=1S/C27H25ClN4O3/c1-18(14-23-6-3-13-35-23)29-27(34)20-9-7-19(8-10-20)17-31-25-16-24(21-4-2-5-22(28)15-21)30-32(25)12-11-26(31)33/h2-10,13,15-16,18H,11-12,14,17H2,1H3,(H,29,34). The van der Waals surface area contributed by atoms with Crippen LogP contribution in [0.15, 0.2) is 77.4 Å². The van der Waals surface area contributed by atoms with E-state index in [1.165, 1.54) is 0 Å². The number of amides is 2. The van der Waals surface area contributed by atoms with Crippen molar-refractivity contribution in [3.8, 4) is 11.3 Å². The quantitative estimate of drug-likeness (QED) is 0.392. The first-order valence-corrected chi connectivity index (χ1v) is 11.9. The number of fused-ring (bicyclic) bond motifs is 1. The lowest BCUT2D eigenvalue weighted by Gasteiger charge is -2.27. The zero-order chi connectivity index (χ0) is 24.4. The minimum absolute atomic E-state index is 0.0450. The molecule has 4 aromatic rings. The molecule has 35 heavy (non-hydrogen) atoms. The highest BCUT2D eigenvalue weighted by molar-refractivity contribution is 6.30. The Balaban J connectivity index is 1.28. The van der Waals surface area contributed by atoms with E-state index in [0.717, 1.165) is 28.4 Å². The van der Waals surface area contributed by atoms with Crippen LogP contribution in [0.3, 0.4) is 0 Å². The molecule has 1 aliphatic rings. The molecule has 0 saturated carbocycles. The number of benzene rings is 2. The van der Waals surface area contributed by atoms with Crippen LogP contribution in [0.1, 0.15) is 35.0 Å². The van der Waals surface area contributed by atoms with Gasteiger partial charge in [-0.1, -0.05) is 35.9 Å². The van der Waals surface area contributed by atoms with Crippen LogP contribution in [0.4, 0.5) is 5.82 Å². The van der Waals surface area contributed by atoms with Gasteiger partial charge >= 0.3 is 0 Å². The third-order valence-electron chi connectivity index (χ3n) is 6.02. The van der Waals surface area contributed by atoms with Crippen molar-refractivity contribution in [3.05, 3.63) is 94.9 Å². The molecule has 8 heteroatoms. The van der Waals surface area contributed by atoms with Gasteiger partial charge in [0.25, 0.3) is 5.91 Å². The van der Waals surface area contributed by atoms with Crippen LogP contribution in [0, 0.1) is 0 Å². The smallest absolute Gasteiger partial charge is 0.251 e. The molecule has 3 heterocycles. The van der Waals surface area contributed by atoms with E-state index in [9.17, 15) is 9.59 Å². The molecule has 7 nitrogen and oxygen atoms in total. The molecule has 1 aliphatic heterocycles. The molecule has 0 radical (unpaired) electrons. The van der Waals surface area contributed by atoms with Crippen molar-refractivity contribution < 1.29 is 14.0 Å². The number of hydrogen-bond acceptors (Lipinski definition) is 4. The van der Waals surface area contributed by atoms with Gasteiger partial charge in [-0.05, 0) is 48.9 Å². The lowest BCUT2D eigenvalue weighted by atomic mass is 10.1. The number of halogens is 1. The molecule has 0 saturated heterocycles. The fraction of sp³-hybridized carbons (Fsp3) is 0.222. The van der Waals surface area contributed by atoms with Crippen molar-refractivity contribution in [1.82, 2.24) is 15.1 Å². The van der Waals surface area contributed by atoms with Crippen molar-refractivity contribution in [2.45, 2.75) is 38.9 Å². The number of aromatic nitrogens is 2. The van der Waals surface area contributed by atoms with Gasteiger partial charge in [0, 0.05) is 41.1 Å². The van der Waals surface area contributed by atoms with Gasteiger partial charge in [-0.15, -0.1) is 0 Å². The van der Waals surface area contributed by atoms with Crippen LogP contribution >= 0.6 is 11.6 Å². The van der Waals surface area contributed by atoms with E-state index in [1.54, 1.807) is 23.3 Å². The monoisotopic (exact) mass is 488 g/mol. The number of carbonyl (C=O) groups is 2. The summed E-state index contributed by atoms with van der Waals surface area (Å²) in [7, 11) is 0. The topological polar surface area (TPSA) is 80.4 Å². The van der Waals surface area contributed by atoms with E-state index in [2.05, 4.69) is 10.4 Å². The Morgan fingerprint density at radius 1 is 1.14 bits per heavy atom. The zero-order valence-corrected chi connectivity index (χ0v) is 20.0. The number of nitrogens with one attached hydrogen (secondary N) is 1. The average molecular weight is 489 g/mol. The average Bonchev–Trinajstić information content (AvgIpc) is 3.51. The number of hydrogen-bond donors (Lipinski definition) is 1. The summed E-state index contributed by atoms with van der Waals surface area (Å²) in [4.78, 5) is 27.2. The molecule has 5 rings (SSSR count). The van der Waals surface area contributed by atoms with Crippen LogP contribution in [0.5, 0.6) is 0 Å². The van der Waals surface area contributed by atoms with Gasteiger partial charge in [0.15, 0.2) is 0 Å². The predicted octanol–water partition coefficient (Wildman–Crippen LogP) is 5.09. The maximum Gasteiger partial charge on any atom is 0.251 e. The molecule has 0 spiro atoms. The molecule has 1 N–H and O–H groups in total. The normalized spacial score (nSPS) is 14.0. The highest BCUT2D eigenvalue weighted by atomic mass is 35.5. The Morgan fingerprint density at radius 3 is 2.71 bits per heavy atom. The third kappa shape index (κ3) is 5.15. The van der Waals surface area contributed by atoms with E-state index in [1.807, 2.05) is 66.2 Å². The van der Waals surface area contributed by atoms with Gasteiger partial charge in [-0.25, -0.2) is 4.68 Å². The van der Waals surface area contributed by atoms with Crippen LogP contribution in [-0.4, -0.2) is 27.6 Å². The molecule has 1 unspecified atom stereocenters. The number of aryl methyl sites for hydroxylation is 1. The molecule has 1 atom stereocenters. The largest absolute Gasteiger partial charge is 0.469 e. The first-order chi connectivity index (χ1) is 17.0. The molecule has 0 aliphatic carbocycles. The molecular formula is C27H25ClN4O3. The van der Waals surface area contributed by atoms with Crippen LogP contribution in [0.2, 0.25) is 5.02 Å². The summed E-state index contributed by atoms with van der Waals surface area (Å²) in [6, 6.07) is 20.4. The minimum Gasteiger partial charge on any atom is -0.469 e. The number of anilines is 1. The molecule has 0 bridgehead atoms. The lowest BCUT2D eigenvalue weighted by Crippen LogP contribution is -2.37.